The molecule has 116 valence electrons. The van der Waals surface area contributed by atoms with Crippen molar-refractivity contribution in [2.24, 2.45) is 0 Å². The summed E-state index contributed by atoms with van der Waals surface area (Å²) < 4.78 is 35.2. The summed E-state index contributed by atoms with van der Waals surface area (Å²) in [6.45, 7) is 0.675. The Bertz CT molecular complexity index is 598. The molecule has 0 aromatic heterocycles. The van der Waals surface area contributed by atoms with E-state index in [4.69, 9.17) is 0 Å². The van der Waals surface area contributed by atoms with Gasteiger partial charge in [0.2, 0.25) is 5.91 Å². The highest BCUT2D eigenvalue weighted by atomic mass is 32.2. The fourth-order valence-electron chi connectivity index (χ4n) is 2.69. The Kier molecular flexibility index (Phi) is 4.98. The van der Waals surface area contributed by atoms with Gasteiger partial charge in [0.15, 0.2) is 0 Å². The van der Waals surface area contributed by atoms with Crippen LogP contribution in [0, 0.1) is 5.82 Å². The van der Waals surface area contributed by atoms with Crippen LogP contribution >= 0.6 is 0 Å². The highest BCUT2D eigenvalue weighted by Crippen LogP contribution is 2.22. The van der Waals surface area contributed by atoms with Crippen LogP contribution in [0.15, 0.2) is 24.3 Å². The predicted octanol–water partition coefficient (Wildman–Crippen LogP) is 1.79. The summed E-state index contributed by atoms with van der Waals surface area (Å²) in [5.41, 5.74) is 0.990. The van der Waals surface area contributed by atoms with E-state index in [1.54, 1.807) is 17.0 Å². The van der Waals surface area contributed by atoms with Crippen molar-refractivity contribution in [3.05, 3.63) is 35.6 Å². The van der Waals surface area contributed by atoms with Gasteiger partial charge in [-0.05, 0) is 37.0 Å². The summed E-state index contributed by atoms with van der Waals surface area (Å²) >= 11 is 0. The molecule has 1 unspecified atom stereocenters. The van der Waals surface area contributed by atoms with E-state index in [1.807, 2.05) is 0 Å². The predicted molar refractivity (Wildman–Crippen MR) is 79.2 cm³/mol. The topological polar surface area (TPSA) is 54.5 Å². The Morgan fingerprint density at radius 3 is 2.62 bits per heavy atom. The minimum absolute atomic E-state index is 0.0404. The molecule has 21 heavy (non-hydrogen) atoms. The molecule has 1 aliphatic heterocycles. The number of carbonyl (C=O) groups is 1. The zero-order valence-electron chi connectivity index (χ0n) is 12.1. The van der Waals surface area contributed by atoms with Gasteiger partial charge in [-0.3, -0.25) is 4.79 Å². The van der Waals surface area contributed by atoms with Gasteiger partial charge >= 0.3 is 0 Å². The number of nitrogens with zero attached hydrogens (tertiary/aromatic N) is 1. The Morgan fingerprint density at radius 2 is 2.00 bits per heavy atom. The van der Waals surface area contributed by atoms with E-state index in [1.165, 1.54) is 12.1 Å². The van der Waals surface area contributed by atoms with Crippen LogP contribution in [0.4, 0.5) is 4.39 Å². The van der Waals surface area contributed by atoms with Gasteiger partial charge in [-0.1, -0.05) is 12.1 Å². The van der Waals surface area contributed by atoms with E-state index in [0.717, 1.165) is 24.7 Å². The van der Waals surface area contributed by atoms with E-state index in [0.29, 0.717) is 13.0 Å². The molecular formula is C15H20FNO3S. The van der Waals surface area contributed by atoms with Gasteiger partial charge in [-0.2, -0.15) is 0 Å². The molecule has 0 spiro atoms. The summed E-state index contributed by atoms with van der Waals surface area (Å²) in [4.78, 5) is 13.9. The summed E-state index contributed by atoms with van der Waals surface area (Å²) in [6, 6.07) is 6.38. The monoisotopic (exact) mass is 313 g/mol. The molecule has 1 fully saturated rings. The third kappa shape index (κ3) is 4.81. The number of amides is 1. The third-order valence-corrected chi connectivity index (χ3v) is 4.71. The van der Waals surface area contributed by atoms with Crippen LogP contribution in [-0.2, 0) is 21.1 Å². The number of rotatable bonds is 5. The van der Waals surface area contributed by atoms with Crippen LogP contribution in [0.2, 0.25) is 0 Å². The molecule has 0 N–H and O–H groups in total. The van der Waals surface area contributed by atoms with Gasteiger partial charge in [0.05, 0.1) is 5.75 Å². The van der Waals surface area contributed by atoms with Crippen LogP contribution in [0.25, 0.3) is 0 Å². The van der Waals surface area contributed by atoms with Crippen molar-refractivity contribution < 1.29 is 17.6 Å². The lowest BCUT2D eigenvalue weighted by atomic mass is 10.0. The van der Waals surface area contributed by atoms with Crippen LogP contribution in [-0.4, -0.2) is 43.8 Å². The minimum Gasteiger partial charge on any atom is -0.339 e. The van der Waals surface area contributed by atoms with E-state index in [-0.39, 0.29) is 29.9 Å². The maximum atomic E-state index is 12.9. The van der Waals surface area contributed by atoms with Crippen molar-refractivity contribution >= 4 is 15.7 Å². The van der Waals surface area contributed by atoms with Gasteiger partial charge in [-0.25, -0.2) is 12.8 Å². The van der Waals surface area contributed by atoms with Gasteiger partial charge in [0.25, 0.3) is 0 Å². The summed E-state index contributed by atoms with van der Waals surface area (Å²) in [5.74, 6) is -0.484. The van der Waals surface area contributed by atoms with Gasteiger partial charge in [-0.15, -0.1) is 0 Å². The molecule has 6 heteroatoms. The second-order valence-electron chi connectivity index (χ2n) is 5.59. The number of halogens is 1. The van der Waals surface area contributed by atoms with E-state index in [2.05, 4.69) is 0 Å². The quantitative estimate of drug-likeness (QED) is 0.833. The molecule has 1 aromatic rings. The van der Waals surface area contributed by atoms with E-state index in [9.17, 15) is 17.6 Å². The summed E-state index contributed by atoms with van der Waals surface area (Å²) in [5, 5.41) is 0. The molecule has 2 rings (SSSR count). The van der Waals surface area contributed by atoms with Crippen LogP contribution < -0.4 is 0 Å². The maximum Gasteiger partial charge on any atom is 0.223 e. The van der Waals surface area contributed by atoms with Crippen molar-refractivity contribution in [2.75, 3.05) is 18.6 Å². The lowest BCUT2D eigenvalue weighted by Crippen LogP contribution is -2.37. The first-order valence-corrected chi connectivity index (χ1v) is 9.13. The maximum absolute atomic E-state index is 12.9. The molecular weight excluding hydrogens is 293 g/mol. The zero-order chi connectivity index (χ0) is 15.5. The van der Waals surface area contributed by atoms with Crippen molar-refractivity contribution in [2.45, 2.75) is 31.7 Å². The number of sulfone groups is 1. The third-order valence-electron chi connectivity index (χ3n) is 3.77. The number of hydrogen-bond acceptors (Lipinski definition) is 3. The van der Waals surface area contributed by atoms with Crippen LogP contribution in [0.3, 0.4) is 0 Å². The Balaban J connectivity index is 1.96. The van der Waals surface area contributed by atoms with Crippen molar-refractivity contribution in [1.82, 2.24) is 4.90 Å². The van der Waals surface area contributed by atoms with Gasteiger partial charge in [0, 0.05) is 25.3 Å². The number of carbonyl (C=O) groups excluding carboxylic acids is 1. The number of benzene rings is 1. The normalized spacial score (nSPS) is 19.0. The number of likely N-dealkylation sites (tertiary alicyclic amines) is 1. The molecule has 0 radical (unpaired) electrons. The first kappa shape index (κ1) is 15.9. The molecule has 0 aliphatic carbocycles. The smallest absolute Gasteiger partial charge is 0.223 e. The summed E-state index contributed by atoms with van der Waals surface area (Å²) in [7, 11) is -3.12. The Hall–Kier alpha value is -1.43. The number of hydrogen-bond donors (Lipinski definition) is 0. The van der Waals surface area contributed by atoms with Crippen LogP contribution in [0.1, 0.15) is 24.8 Å². The largest absolute Gasteiger partial charge is 0.339 e. The minimum atomic E-state index is -3.12. The molecule has 4 nitrogen and oxygen atoms in total. The zero-order valence-corrected chi connectivity index (χ0v) is 12.9. The van der Waals surface area contributed by atoms with E-state index >= 15 is 0 Å². The molecule has 0 bridgehead atoms. The fraction of sp³-hybridized carbons (Fsp3) is 0.533. The second kappa shape index (κ2) is 6.56. The highest BCUT2D eigenvalue weighted by Gasteiger charge is 2.28. The average Bonchev–Trinajstić information content (AvgIpc) is 2.86. The second-order valence-corrected chi connectivity index (χ2v) is 7.85. The van der Waals surface area contributed by atoms with Gasteiger partial charge in [0.1, 0.15) is 15.7 Å². The molecule has 1 amide bonds. The molecule has 0 saturated carbocycles. The molecule has 1 saturated heterocycles. The SMILES string of the molecule is CS(=O)(=O)CCC(=O)N1CCCC1Cc1ccc(F)cc1. The highest BCUT2D eigenvalue weighted by molar-refractivity contribution is 7.90. The first-order valence-electron chi connectivity index (χ1n) is 7.07. The van der Waals surface area contributed by atoms with E-state index < -0.39 is 9.84 Å². The molecule has 1 heterocycles. The standard InChI is InChI=1S/C15H20FNO3S/c1-21(19,20)10-8-15(18)17-9-2-3-14(17)11-12-4-6-13(16)7-5-12/h4-7,14H,2-3,8-11H2,1H3. The van der Waals surface area contributed by atoms with Gasteiger partial charge < -0.3 is 4.90 Å². The fourth-order valence-corrected chi connectivity index (χ4v) is 3.23. The molecule has 1 aliphatic rings. The van der Waals surface area contributed by atoms with Crippen molar-refractivity contribution in [1.29, 1.82) is 0 Å². The van der Waals surface area contributed by atoms with Crippen molar-refractivity contribution in [3.63, 3.8) is 0 Å². The first-order chi connectivity index (χ1) is 9.85. The lowest BCUT2D eigenvalue weighted by molar-refractivity contribution is -0.131. The molecule has 1 atom stereocenters. The van der Waals surface area contributed by atoms with Crippen LogP contribution in [0.5, 0.6) is 0 Å². The molecule has 1 aromatic carbocycles. The Labute approximate surface area is 124 Å². The average molecular weight is 313 g/mol. The lowest BCUT2D eigenvalue weighted by Gasteiger charge is -2.25. The summed E-state index contributed by atoms with van der Waals surface area (Å²) in [6.07, 6.45) is 3.70. The van der Waals surface area contributed by atoms with Crippen molar-refractivity contribution in [3.8, 4) is 0 Å². The Morgan fingerprint density at radius 1 is 1.33 bits per heavy atom.